The first-order valence-electron chi connectivity index (χ1n) is 3.53. The van der Waals surface area contributed by atoms with Crippen LogP contribution in [-0.2, 0) is 4.79 Å². The number of aliphatic hydroxyl groups is 1. The summed E-state index contributed by atoms with van der Waals surface area (Å²) in [4.78, 5) is 14.1. The molecular weight excluding hydrogens is 174 g/mol. The number of carbonyl (C=O) groups excluding carboxylic acids is 1. The first kappa shape index (κ1) is 11.7. The highest BCUT2D eigenvalue weighted by Gasteiger charge is 2.15. The Balaban J connectivity index is 4.58. The lowest BCUT2D eigenvalue weighted by Gasteiger charge is -2.08. The summed E-state index contributed by atoms with van der Waals surface area (Å²) in [5.41, 5.74) is 15.5. The highest BCUT2D eigenvalue weighted by atomic mass is 16.3. The molecule has 0 saturated heterocycles. The van der Waals surface area contributed by atoms with Crippen LogP contribution in [0.3, 0.4) is 0 Å². The van der Waals surface area contributed by atoms with Crippen LogP contribution in [0.15, 0.2) is 4.99 Å². The van der Waals surface area contributed by atoms with Gasteiger partial charge in [-0.1, -0.05) is 0 Å². The fraction of sp³-hybridized carbons (Fsp3) is 0.500. The lowest BCUT2D eigenvalue weighted by molar-refractivity contribution is -0.117. The van der Waals surface area contributed by atoms with Gasteiger partial charge in [0.15, 0.2) is 0 Å². The van der Waals surface area contributed by atoms with Crippen LogP contribution < -0.4 is 17.2 Å². The Morgan fingerprint density at radius 1 is 1.62 bits per heavy atom. The molecule has 0 heterocycles. The number of amides is 1. The molecule has 0 aromatic carbocycles. The van der Waals surface area contributed by atoms with E-state index >= 15 is 0 Å². The van der Waals surface area contributed by atoms with Crippen LogP contribution in [0.2, 0.25) is 0 Å². The third-order valence-corrected chi connectivity index (χ3v) is 1.30. The van der Waals surface area contributed by atoms with Crippen molar-refractivity contribution in [3.05, 3.63) is 0 Å². The van der Waals surface area contributed by atoms with Gasteiger partial charge in [0.05, 0.1) is 5.71 Å². The van der Waals surface area contributed by atoms with Crippen molar-refractivity contribution in [3.63, 3.8) is 0 Å². The number of primary amides is 1. The SMILES string of the molecule is N=C(CO)N=C(CN)C(N)C(N)=O. The Bertz CT molecular complexity index is 237. The van der Waals surface area contributed by atoms with E-state index in [0.29, 0.717) is 0 Å². The fourth-order valence-electron chi connectivity index (χ4n) is 0.615. The lowest BCUT2D eigenvalue weighted by atomic mass is 10.2. The molecule has 0 radical (unpaired) electrons. The van der Waals surface area contributed by atoms with Gasteiger partial charge in [0, 0.05) is 6.54 Å². The van der Waals surface area contributed by atoms with E-state index in [9.17, 15) is 4.79 Å². The number of nitrogens with zero attached hydrogens (tertiary/aromatic N) is 1. The van der Waals surface area contributed by atoms with Crippen molar-refractivity contribution in [1.82, 2.24) is 0 Å². The first-order valence-corrected chi connectivity index (χ1v) is 3.53. The van der Waals surface area contributed by atoms with Gasteiger partial charge >= 0.3 is 0 Å². The van der Waals surface area contributed by atoms with Gasteiger partial charge in [-0.15, -0.1) is 0 Å². The molecule has 74 valence electrons. The summed E-state index contributed by atoms with van der Waals surface area (Å²) in [6.07, 6.45) is 0. The number of nitrogens with one attached hydrogen (secondary N) is 1. The van der Waals surface area contributed by atoms with Gasteiger partial charge in [-0.25, -0.2) is 4.99 Å². The number of hydrogen-bond donors (Lipinski definition) is 5. The molecule has 7 nitrogen and oxygen atoms in total. The zero-order chi connectivity index (χ0) is 10.4. The van der Waals surface area contributed by atoms with E-state index in [1.807, 2.05) is 0 Å². The van der Waals surface area contributed by atoms with E-state index in [-0.39, 0.29) is 18.1 Å². The Morgan fingerprint density at radius 3 is 2.46 bits per heavy atom. The van der Waals surface area contributed by atoms with Crippen LogP contribution in [0.4, 0.5) is 0 Å². The molecule has 0 aliphatic heterocycles. The largest absolute Gasteiger partial charge is 0.388 e. The predicted octanol–water partition coefficient (Wildman–Crippen LogP) is -2.83. The van der Waals surface area contributed by atoms with E-state index in [0.717, 1.165) is 0 Å². The molecule has 0 aromatic rings. The normalized spacial score (nSPS) is 13.9. The average molecular weight is 187 g/mol. The number of hydrogen-bond acceptors (Lipinski definition) is 5. The second kappa shape index (κ2) is 5.36. The second-order valence-electron chi connectivity index (χ2n) is 2.29. The molecule has 13 heavy (non-hydrogen) atoms. The van der Waals surface area contributed by atoms with Crippen LogP contribution in [-0.4, -0.2) is 41.8 Å². The highest BCUT2D eigenvalue weighted by molar-refractivity contribution is 6.12. The molecule has 0 saturated carbocycles. The molecule has 1 amide bonds. The topological polar surface area (TPSA) is 152 Å². The van der Waals surface area contributed by atoms with Crippen molar-refractivity contribution in [1.29, 1.82) is 5.41 Å². The smallest absolute Gasteiger partial charge is 0.240 e. The Labute approximate surface area is 75.1 Å². The minimum Gasteiger partial charge on any atom is -0.388 e. The lowest BCUT2D eigenvalue weighted by Crippen LogP contribution is -2.46. The van der Waals surface area contributed by atoms with Gasteiger partial charge in [-0.2, -0.15) is 0 Å². The Hall–Kier alpha value is -1.31. The second-order valence-corrected chi connectivity index (χ2v) is 2.29. The average Bonchev–Trinajstić information content (AvgIpc) is 2.12. The maximum absolute atomic E-state index is 10.6. The predicted molar refractivity (Wildman–Crippen MR) is 48.5 cm³/mol. The quantitative estimate of drug-likeness (QED) is 0.238. The number of amidine groups is 1. The van der Waals surface area contributed by atoms with Crippen LogP contribution >= 0.6 is 0 Å². The van der Waals surface area contributed by atoms with Crippen molar-refractivity contribution < 1.29 is 9.90 Å². The molecular formula is C6H13N5O2. The molecule has 8 N–H and O–H groups in total. The van der Waals surface area contributed by atoms with E-state index in [2.05, 4.69) is 4.99 Å². The van der Waals surface area contributed by atoms with E-state index < -0.39 is 18.6 Å². The molecule has 0 aromatic heterocycles. The number of rotatable bonds is 4. The van der Waals surface area contributed by atoms with Gasteiger partial charge in [0.2, 0.25) is 5.91 Å². The Morgan fingerprint density at radius 2 is 2.15 bits per heavy atom. The minimum atomic E-state index is -1.10. The monoisotopic (exact) mass is 187 g/mol. The number of aliphatic imine (C=N–C) groups is 1. The summed E-state index contributed by atoms with van der Waals surface area (Å²) in [6.45, 7) is -0.610. The van der Waals surface area contributed by atoms with E-state index in [4.69, 9.17) is 27.7 Å². The standard InChI is InChI=1S/C6H13N5O2/c7-1-3(5(9)6(10)13)11-4(8)2-12/h5,8,12H,1-2,7,9H2,(H2,10,13). The van der Waals surface area contributed by atoms with Crippen molar-refractivity contribution in [3.8, 4) is 0 Å². The molecule has 0 fully saturated rings. The molecule has 0 rings (SSSR count). The van der Waals surface area contributed by atoms with Crippen LogP contribution in [0.5, 0.6) is 0 Å². The summed E-state index contributed by atoms with van der Waals surface area (Å²) in [5.74, 6) is -1.08. The maximum atomic E-state index is 10.6. The highest BCUT2D eigenvalue weighted by Crippen LogP contribution is 1.86. The zero-order valence-electron chi connectivity index (χ0n) is 7.03. The van der Waals surface area contributed by atoms with Crippen molar-refractivity contribution in [2.75, 3.05) is 13.2 Å². The molecule has 0 spiro atoms. The Kier molecular flexibility index (Phi) is 4.82. The van der Waals surface area contributed by atoms with Crippen LogP contribution in [0, 0.1) is 5.41 Å². The van der Waals surface area contributed by atoms with Crippen molar-refractivity contribution >= 4 is 17.5 Å². The zero-order valence-corrected chi connectivity index (χ0v) is 7.03. The summed E-state index contributed by atoms with van der Waals surface area (Å²) in [5, 5.41) is 15.5. The minimum absolute atomic E-state index is 0.0769. The van der Waals surface area contributed by atoms with Gasteiger partial charge in [-0.3, -0.25) is 10.2 Å². The fourth-order valence-corrected chi connectivity index (χ4v) is 0.615. The molecule has 1 unspecified atom stereocenters. The summed E-state index contributed by atoms with van der Waals surface area (Å²) in [6, 6.07) is -1.10. The van der Waals surface area contributed by atoms with Crippen LogP contribution in [0.25, 0.3) is 0 Å². The third kappa shape index (κ3) is 3.74. The molecule has 0 bridgehead atoms. The molecule has 1 atom stereocenters. The summed E-state index contributed by atoms with van der Waals surface area (Å²) >= 11 is 0. The van der Waals surface area contributed by atoms with Gasteiger partial charge in [-0.05, 0) is 0 Å². The van der Waals surface area contributed by atoms with Gasteiger partial charge < -0.3 is 22.3 Å². The van der Waals surface area contributed by atoms with E-state index in [1.165, 1.54) is 0 Å². The van der Waals surface area contributed by atoms with Crippen molar-refractivity contribution in [2.45, 2.75) is 6.04 Å². The molecule has 0 aliphatic carbocycles. The van der Waals surface area contributed by atoms with Gasteiger partial charge in [0.25, 0.3) is 0 Å². The molecule has 7 heteroatoms. The summed E-state index contributed by atoms with van der Waals surface area (Å²) < 4.78 is 0. The van der Waals surface area contributed by atoms with E-state index in [1.54, 1.807) is 0 Å². The number of carbonyl (C=O) groups is 1. The third-order valence-electron chi connectivity index (χ3n) is 1.30. The molecule has 0 aliphatic rings. The van der Waals surface area contributed by atoms with Gasteiger partial charge in [0.1, 0.15) is 18.5 Å². The first-order chi connectivity index (χ1) is 6.02. The van der Waals surface area contributed by atoms with Crippen molar-refractivity contribution in [2.24, 2.45) is 22.2 Å². The summed E-state index contributed by atoms with van der Waals surface area (Å²) in [7, 11) is 0. The van der Waals surface area contributed by atoms with Crippen LogP contribution in [0.1, 0.15) is 0 Å². The number of nitrogens with two attached hydrogens (primary N) is 3. The number of aliphatic hydroxyl groups excluding tert-OH is 1. The maximum Gasteiger partial charge on any atom is 0.240 e.